The lowest BCUT2D eigenvalue weighted by Crippen LogP contribution is -2.48. The predicted octanol–water partition coefficient (Wildman–Crippen LogP) is 0.743. The molecular weight excluding hydrogens is 196 g/mol. The van der Waals surface area contributed by atoms with Crippen LogP contribution in [0.3, 0.4) is 0 Å². The summed E-state index contributed by atoms with van der Waals surface area (Å²) in [5.41, 5.74) is 0. The highest BCUT2D eigenvalue weighted by Crippen LogP contribution is 2.18. The van der Waals surface area contributed by atoms with Crippen LogP contribution in [0, 0.1) is 0 Å². The Kier molecular flexibility index (Phi) is 4.39. The van der Waals surface area contributed by atoms with Gasteiger partial charge in [0.25, 0.3) is 0 Å². The van der Waals surface area contributed by atoms with Gasteiger partial charge in [-0.2, -0.15) is 0 Å². The molecule has 1 aliphatic carbocycles. The molecule has 0 spiro atoms. The molecule has 0 heterocycles. The maximum absolute atomic E-state index is 11.6. The van der Waals surface area contributed by atoms with Crippen LogP contribution in [0.4, 0.5) is 4.79 Å². The van der Waals surface area contributed by atoms with Crippen molar-refractivity contribution in [3.63, 3.8) is 0 Å². The number of esters is 1. The number of nitrogens with one attached hydrogen (secondary N) is 1. The lowest BCUT2D eigenvalue weighted by atomic mass is 9.93. The molecule has 1 fully saturated rings. The van der Waals surface area contributed by atoms with Gasteiger partial charge in [0.05, 0.1) is 7.11 Å². The zero-order chi connectivity index (χ0) is 11.3. The quantitative estimate of drug-likeness (QED) is 0.702. The molecule has 1 N–H and O–H groups in total. The summed E-state index contributed by atoms with van der Waals surface area (Å²) in [6.45, 7) is 2.36. The summed E-state index contributed by atoms with van der Waals surface area (Å²) in [4.78, 5) is 24.1. The van der Waals surface area contributed by atoms with Gasteiger partial charge in [-0.1, -0.05) is 0 Å². The van der Waals surface area contributed by atoms with E-state index in [2.05, 4.69) is 10.1 Å². The monoisotopic (exact) mass is 214 g/mol. The van der Waals surface area contributed by atoms with Crippen LogP contribution in [-0.4, -0.2) is 43.1 Å². The van der Waals surface area contributed by atoms with Gasteiger partial charge in [0, 0.05) is 12.6 Å². The first kappa shape index (κ1) is 11.8. The van der Waals surface area contributed by atoms with Crippen molar-refractivity contribution >= 4 is 12.0 Å². The van der Waals surface area contributed by atoms with Crippen LogP contribution < -0.4 is 5.32 Å². The number of hydrogen-bond donors (Lipinski definition) is 1. The highest BCUT2D eigenvalue weighted by Gasteiger charge is 2.23. The smallest absolute Gasteiger partial charge is 0.325 e. The summed E-state index contributed by atoms with van der Waals surface area (Å²) < 4.78 is 4.52. The van der Waals surface area contributed by atoms with Gasteiger partial charge in [-0.25, -0.2) is 4.79 Å². The number of methoxy groups -OCH3 is 1. The second-order valence-electron chi connectivity index (χ2n) is 3.67. The van der Waals surface area contributed by atoms with Crippen LogP contribution >= 0.6 is 0 Å². The summed E-state index contributed by atoms with van der Waals surface area (Å²) in [5.74, 6) is -0.388. The van der Waals surface area contributed by atoms with Crippen LogP contribution in [-0.2, 0) is 9.53 Å². The minimum Gasteiger partial charge on any atom is -0.468 e. The Hall–Kier alpha value is -1.26. The molecule has 1 aliphatic rings. The molecule has 2 amide bonds. The number of urea groups is 1. The number of likely N-dealkylation sites (N-methyl/N-ethyl adjacent to an activating group) is 1. The van der Waals surface area contributed by atoms with E-state index in [0.29, 0.717) is 12.6 Å². The van der Waals surface area contributed by atoms with Crippen molar-refractivity contribution in [3.05, 3.63) is 0 Å². The Morgan fingerprint density at radius 2 is 2.13 bits per heavy atom. The highest BCUT2D eigenvalue weighted by atomic mass is 16.5. The van der Waals surface area contributed by atoms with E-state index in [-0.39, 0.29) is 18.5 Å². The first-order valence-corrected chi connectivity index (χ1v) is 5.29. The maximum Gasteiger partial charge on any atom is 0.325 e. The summed E-state index contributed by atoms with van der Waals surface area (Å²) in [5, 5.41) is 2.88. The molecule has 0 radical (unpaired) electrons. The van der Waals surface area contributed by atoms with Crippen LogP contribution in [0.5, 0.6) is 0 Å². The van der Waals surface area contributed by atoms with E-state index in [1.165, 1.54) is 18.4 Å². The first-order chi connectivity index (χ1) is 7.17. The molecule has 0 atom stereocenters. The largest absolute Gasteiger partial charge is 0.468 e. The van der Waals surface area contributed by atoms with Crippen LogP contribution in [0.1, 0.15) is 26.2 Å². The van der Waals surface area contributed by atoms with Crippen molar-refractivity contribution in [2.75, 3.05) is 20.2 Å². The van der Waals surface area contributed by atoms with E-state index in [0.717, 1.165) is 12.8 Å². The predicted molar refractivity (Wildman–Crippen MR) is 55.4 cm³/mol. The Labute approximate surface area is 89.8 Å². The van der Waals surface area contributed by atoms with Gasteiger partial charge in [-0.15, -0.1) is 0 Å². The molecule has 15 heavy (non-hydrogen) atoms. The minimum absolute atomic E-state index is 0.0194. The average Bonchev–Trinajstić information content (AvgIpc) is 2.19. The Bertz CT molecular complexity index is 239. The van der Waals surface area contributed by atoms with Gasteiger partial charge >= 0.3 is 12.0 Å². The van der Waals surface area contributed by atoms with Crippen LogP contribution in [0.15, 0.2) is 0 Å². The highest BCUT2D eigenvalue weighted by molar-refractivity contribution is 5.81. The molecule has 5 heteroatoms. The molecule has 5 nitrogen and oxygen atoms in total. The number of rotatable bonds is 4. The number of carbonyl (C=O) groups is 2. The maximum atomic E-state index is 11.6. The minimum atomic E-state index is -0.388. The molecule has 0 aromatic carbocycles. The van der Waals surface area contributed by atoms with Crippen molar-refractivity contribution in [2.24, 2.45) is 0 Å². The summed E-state index contributed by atoms with van der Waals surface area (Å²) >= 11 is 0. The Morgan fingerprint density at radius 3 is 2.53 bits per heavy atom. The van der Waals surface area contributed by atoms with Gasteiger partial charge in [0.1, 0.15) is 6.54 Å². The lowest BCUT2D eigenvalue weighted by Gasteiger charge is -2.29. The summed E-state index contributed by atoms with van der Waals surface area (Å²) in [7, 11) is 1.32. The fourth-order valence-corrected chi connectivity index (χ4v) is 1.37. The molecule has 0 unspecified atom stereocenters. The van der Waals surface area contributed by atoms with Gasteiger partial charge in [-0.3, -0.25) is 4.79 Å². The second-order valence-corrected chi connectivity index (χ2v) is 3.67. The average molecular weight is 214 g/mol. The number of amides is 2. The number of ether oxygens (including phenoxy) is 1. The molecular formula is C10H18N2O3. The van der Waals surface area contributed by atoms with Crippen molar-refractivity contribution < 1.29 is 14.3 Å². The zero-order valence-electron chi connectivity index (χ0n) is 9.28. The summed E-state index contributed by atoms with van der Waals surface area (Å²) in [6.07, 6.45) is 3.26. The molecule has 0 aromatic heterocycles. The fourth-order valence-electron chi connectivity index (χ4n) is 1.37. The molecule has 1 saturated carbocycles. The van der Waals surface area contributed by atoms with Gasteiger partial charge in [-0.05, 0) is 26.2 Å². The number of nitrogens with zero attached hydrogens (tertiary/aromatic N) is 1. The molecule has 0 saturated heterocycles. The summed E-state index contributed by atoms with van der Waals surface area (Å²) in [6, 6.07) is 0.122. The normalized spacial score (nSPS) is 15.3. The molecule has 0 aromatic rings. The van der Waals surface area contributed by atoms with E-state index in [1.807, 2.05) is 6.92 Å². The Morgan fingerprint density at radius 1 is 1.47 bits per heavy atom. The third-order valence-electron chi connectivity index (χ3n) is 2.65. The molecule has 86 valence electrons. The first-order valence-electron chi connectivity index (χ1n) is 5.29. The standard InChI is InChI=1S/C10H18N2O3/c1-3-12(7-9(13)15-2)10(14)11-8-5-4-6-8/h8H,3-7H2,1-2H3,(H,11,14). The van der Waals surface area contributed by atoms with Gasteiger partial charge < -0.3 is 15.0 Å². The van der Waals surface area contributed by atoms with E-state index in [1.54, 1.807) is 0 Å². The van der Waals surface area contributed by atoms with Crippen molar-refractivity contribution in [1.29, 1.82) is 0 Å². The lowest BCUT2D eigenvalue weighted by molar-refractivity contribution is -0.141. The third kappa shape index (κ3) is 3.42. The van der Waals surface area contributed by atoms with Crippen molar-refractivity contribution in [2.45, 2.75) is 32.2 Å². The molecule has 1 rings (SSSR count). The van der Waals surface area contributed by atoms with Crippen LogP contribution in [0.2, 0.25) is 0 Å². The molecule has 0 bridgehead atoms. The third-order valence-corrected chi connectivity index (χ3v) is 2.65. The fraction of sp³-hybridized carbons (Fsp3) is 0.800. The van der Waals surface area contributed by atoms with Crippen molar-refractivity contribution in [1.82, 2.24) is 10.2 Å². The zero-order valence-corrected chi connectivity index (χ0v) is 9.28. The SMILES string of the molecule is CCN(CC(=O)OC)C(=O)NC1CCC1. The van der Waals surface area contributed by atoms with Gasteiger partial charge in [0.2, 0.25) is 0 Å². The molecule has 0 aliphatic heterocycles. The van der Waals surface area contributed by atoms with Crippen molar-refractivity contribution in [3.8, 4) is 0 Å². The van der Waals surface area contributed by atoms with E-state index < -0.39 is 0 Å². The number of hydrogen-bond acceptors (Lipinski definition) is 3. The van der Waals surface area contributed by atoms with E-state index >= 15 is 0 Å². The second kappa shape index (κ2) is 5.58. The Balaban J connectivity index is 2.34. The van der Waals surface area contributed by atoms with Gasteiger partial charge in [0.15, 0.2) is 0 Å². The van der Waals surface area contributed by atoms with E-state index in [9.17, 15) is 9.59 Å². The number of carbonyl (C=O) groups excluding carboxylic acids is 2. The van der Waals surface area contributed by atoms with E-state index in [4.69, 9.17) is 0 Å². The van der Waals surface area contributed by atoms with Crippen LogP contribution in [0.25, 0.3) is 0 Å². The topological polar surface area (TPSA) is 58.6 Å².